The molecule has 1 heterocycles. The van der Waals surface area contributed by atoms with Crippen LogP contribution in [0.3, 0.4) is 0 Å². The summed E-state index contributed by atoms with van der Waals surface area (Å²) in [7, 11) is 0. The first kappa shape index (κ1) is 13.4. The number of piperidine rings is 1. The number of carbonyl (C=O) groups excluding carboxylic acids is 1. The van der Waals surface area contributed by atoms with Crippen molar-refractivity contribution in [2.24, 2.45) is 11.7 Å². The van der Waals surface area contributed by atoms with E-state index in [1.54, 1.807) is 0 Å². The average molecular weight is 266 g/mol. The molecule has 3 fully saturated rings. The highest BCUT2D eigenvalue weighted by Crippen LogP contribution is 2.40. The lowest BCUT2D eigenvalue weighted by Gasteiger charge is -2.48. The molecule has 3 N–H and O–H groups in total. The van der Waals surface area contributed by atoms with Crippen molar-refractivity contribution in [2.75, 3.05) is 13.1 Å². The molecule has 0 bridgehead atoms. The zero-order valence-corrected chi connectivity index (χ0v) is 11.7. The van der Waals surface area contributed by atoms with Crippen molar-refractivity contribution < 1.29 is 9.90 Å². The van der Waals surface area contributed by atoms with Gasteiger partial charge in [0.15, 0.2) is 0 Å². The summed E-state index contributed by atoms with van der Waals surface area (Å²) in [6.07, 6.45) is 8.68. The normalized spacial score (nSPS) is 37.4. The van der Waals surface area contributed by atoms with Crippen LogP contribution in [-0.2, 0) is 4.79 Å². The van der Waals surface area contributed by atoms with E-state index in [4.69, 9.17) is 5.73 Å². The number of rotatable bonds is 2. The summed E-state index contributed by atoms with van der Waals surface area (Å²) in [6, 6.07) is 0. The maximum Gasteiger partial charge on any atom is 0.224 e. The molecule has 4 heteroatoms. The molecule has 0 aromatic rings. The Morgan fingerprint density at radius 3 is 2.68 bits per heavy atom. The molecule has 0 spiro atoms. The second kappa shape index (κ2) is 4.74. The molecular formula is C15H26N2O2. The van der Waals surface area contributed by atoms with E-state index < -0.39 is 5.60 Å². The fraction of sp³-hybridized carbons (Fsp3) is 0.933. The standard InChI is InChI=1S/C15H26N2O2/c16-14(5-3-6-14)10-13(18)17-9-8-15(19)7-2-1-4-12(15)11-17/h12,19H,1-11,16H2. The van der Waals surface area contributed by atoms with Gasteiger partial charge >= 0.3 is 0 Å². The first-order valence-electron chi connectivity index (χ1n) is 7.80. The number of nitrogens with two attached hydrogens (primary N) is 1. The molecule has 2 unspecified atom stereocenters. The first-order valence-corrected chi connectivity index (χ1v) is 7.80. The number of hydrogen-bond donors (Lipinski definition) is 2. The Hall–Kier alpha value is -0.610. The predicted molar refractivity (Wildman–Crippen MR) is 73.5 cm³/mol. The SMILES string of the molecule is NC1(CC(=O)N2CCC3(O)CCCCC3C2)CCC1. The smallest absolute Gasteiger partial charge is 0.224 e. The van der Waals surface area contributed by atoms with Crippen molar-refractivity contribution in [1.29, 1.82) is 0 Å². The van der Waals surface area contributed by atoms with Gasteiger partial charge in [0.25, 0.3) is 0 Å². The van der Waals surface area contributed by atoms with Gasteiger partial charge in [0.1, 0.15) is 0 Å². The van der Waals surface area contributed by atoms with Crippen LogP contribution in [-0.4, -0.2) is 40.1 Å². The Bertz CT molecular complexity index is 367. The van der Waals surface area contributed by atoms with E-state index in [1.165, 1.54) is 6.42 Å². The highest BCUT2D eigenvalue weighted by molar-refractivity contribution is 5.77. The molecule has 2 saturated carbocycles. The number of nitrogens with zero attached hydrogens (tertiary/aromatic N) is 1. The van der Waals surface area contributed by atoms with Crippen LogP contribution in [0.25, 0.3) is 0 Å². The summed E-state index contributed by atoms with van der Waals surface area (Å²) in [5, 5.41) is 10.6. The number of likely N-dealkylation sites (tertiary alicyclic amines) is 1. The van der Waals surface area contributed by atoms with Gasteiger partial charge in [0, 0.05) is 31.0 Å². The highest BCUT2D eigenvalue weighted by Gasteiger charge is 2.44. The van der Waals surface area contributed by atoms with Gasteiger partial charge in [-0.15, -0.1) is 0 Å². The molecule has 3 aliphatic rings. The van der Waals surface area contributed by atoms with Gasteiger partial charge in [0.05, 0.1) is 5.60 Å². The monoisotopic (exact) mass is 266 g/mol. The Kier molecular flexibility index (Phi) is 3.34. The van der Waals surface area contributed by atoms with E-state index in [2.05, 4.69) is 0 Å². The molecule has 1 amide bonds. The Labute approximate surface area is 115 Å². The van der Waals surface area contributed by atoms with Crippen LogP contribution >= 0.6 is 0 Å². The van der Waals surface area contributed by atoms with Gasteiger partial charge in [-0.1, -0.05) is 12.8 Å². The largest absolute Gasteiger partial charge is 0.389 e. The van der Waals surface area contributed by atoms with E-state index in [-0.39, 0.29) is 17.4 Å². The molecule has 2 atom stereocenters. The highest BCUT2D eigenvalue weighted by atomic mass is 16.3. The lowest BCUT2D eigenvalue weighted by atomic mass is 9.70. The molecule has 0 aromatic carbocycles. The third kappa shape index (κ3) is 2.52. The molecule has 4 nitrogen and oxygen atoms in total. The Balaban J connectivity index is 1.59. The topological polar surface area (TPSA) is 66.6 Å². The molecular weight excluding hydrogens is 240 g/mol. The summed E-state index contributed by atoms with van der Waals surface area (Å²) in [5.41, 5.74) is 5.45. The second-order valence-corrected chi connectivity index (χ2v) is 7.03. The van der Waals surface area contributed by atoms with Crippen molar-refractivity contribution in [3.63, 3.8) is 0 Å². The zero-order valence-electron chi connectivity index (χ0n) is 11.7. The van der Waals surface area contributed by atoms with Crippen LogP contribution in [0.15, 0.2) is 0 Å². The number of hydrogen-bond acceptors (Lipinski definition) is 3. The van der Waals surface area contributed by atoms with Crippen molar-refractivity contribution in [3.05, 3.63) is 0 Å². The summed E-state index contributed by atoms with van der Waals surface area (Å²) >= 11 is 0. The van der Waals surface area contributed by atoms with E-state index in [1.807, 2.05) is 4.90 Å². The van der Waals surface area contributed by atoms with Crippen LogP contribution in [0.1, 0.15) is 57.8 Å². The van der Waals surface area contributed by atoms with Crippen molar-refractivity contribution in [1.82, 2.24) is 4.90 Å². The van der Waals surface area contributed by atoms with Crippen molar-refractivity contribution in [3.8, 4) is 0 Å². The number of carbonyl (C=O) groups is 1. The van der Waals surface area contributed by atoms with Gasteiger partial charge in [-0.2, -0.15) is 0 Å². The second-order valence-electron chi connectivity index (χ2n) is 7.03. The minimum atomic E-state index is -0.494. The summed E-state index contributed by atoms with van der Waals surface area (Å²) < 4.78 is 0. The lowest BCUT2D eigenvalue weighted by Crippen LogP contribution is -2.57. The maximum absolute atomic E-state index is 12.3. The van der Waals surface area contributed by atoms with Crippen molar-refractivity contribution in [2.45, 2.75) is 68.9 Å². The van der Waals surface area contributed by atoms with E-state index >= 15 is 0 Å². The fourth-order valence-corrected chi connectivity index (χ4v) is 4.02. The molecule has 108 valence electrons. The van der Waals surface area contributed by atoms with Crippen LogP contribution < -0.4 is 5.73 Å². The van der Waals surface area contributed by atoms with Gasteiger partial charge in [-0.3, -0.25) is 4.79 Å². The zero-order chi connectivity index (χ0) is 13.5. The Morgan fingerprint density at radius 2 is 2.00 bits per heavy atom. The van der Waals surface area contributed by atoms with Crippen LogP contribution in [0.2, 0.25) is 0 Å². The summed E-state index contributed by atoms with van der Waals surface area (Å²) in [4.78, 5) is 14.3. The summed E-state index contributed by atoms with van der Waals surface area (Å²) in [6.45, 7) is 1.45. The van der Waals surface area contributed by atoms with E-state index in [0.717, 1.165) is 51.5 Å². The molecule has 0 radical (unpaired) electrons. The third-order valence-electron chi connectivity index (χ3n) is 5.63. The quantitative estimate of drug-likeness (QED) is 0.794. The predicted octanol–water partition coefficient (Wildman–Crippen LogP) is 1.41. The lowest BCUT2D eigenvalue weighted by molar-refractivity contribution is -0.145. The molecule has 1 saturated heterocycles. The molecule has 1 aliphatic heterocycles. The van der Waals surface area contributed by atoms with Crippen LogP contribution in [0.4, 0.5) is 0 Å². The number of aliphatic hydroxyl groups is 1. The third-order valence-corrected chi connectivity index (χ3v) is 5.63. The minimum Gasteiger partial charge on any atom is -0.389 e. The van der Waals surface area contributed by atoms with E-state index in [0.29, 0.717) is 13.0 Å². The van der Waals surface area contributed by atoms with Crippen molar-refractivity contribution >= 4 is 5.91 Å². The Morgan fingerprint density at radius 1 is 1.21 bits per heavy atom. The number of fused-ring (bicyclic) bond motifs is 1. The fourth-order valence-electron chi connectivity index (χ4n) is 4.02. The van der Waals surface area contributed by atoms with Crippen LogP contribution in [0, 0.1) is 5.92 Å². The molecule has 2 aliphatic carbocycles. The molecule has 19 heavy (non-hydrogen) atoms. The summed E-state index contributed by atoms with van der Waals surface area (Å²) in [5.74, 6) is 0.490. The van der Waals surface area contributed by atoms with Gasteiger partial charge in [0.2, 0.25) is 5.91 Å². The van der Waals surface area contributed by atoms with E-state index in [9.17, 15) is 9.90 Å². The maximum atomic E-state index is 12.3. The first-order chi connectivity index (χ1) is 9.01. The molecule has 0 aromatic heterocycles. The van der Waals surface area contributed by atoms with Gasteiger partial charge in [-0.05, 0) is 38.5 Å². The van der Waals surface area contributed by atoms with Gasteiger partial charge in [-0.25, -0.2) is 0 Å². The average Bonchev–Trinajstić information content (AvgIpc) is 2.35. The number of amides is 1. The van der Waals surface area contributed by atoms with Gasteiger partial charge < -0.3 is 15.7 Å². The molecule has 3 rings (SSSR count). The van der Waals surface area contributed by atoms with Crippen LogP contribution in [0.5, 0.6) is 0 Å². The minimum absolute atomic E-state index is 0.204.